The van der Waals surface area contributed by atoms with Crippen molar-refractivity contribution in [2.24, 2.45) is 0 Å². The average Bonchev–Trinajstić information content (AvgIpc) is 3.03. The summed E-state index contributed by atoms with van der Waals surface area (Å²) in [5.74, 6) is 0.358. The van der Waals surface area contributed by atoms with E-state index in [0.717, 1.165) is 0 Å². The lowest BCUT2D eigenvalue weighted by atomic mass is 9.94. The Morgan fingerprint density at radius 3 is 2.64 bits per heavy atom. The minimum Gasteiger partial charge on any atom is -0.360 e. The molecule has 1 aliphatic heterocycles. The first kappa shape index (κ1) is 20.0. The maximum absolute atomic E-state index is 13.1. The lowest BCUT2D eigenvalue weighted by molar-refractivity contribution is -0.113. The highest BCUT2D eigenvalue weighted by Gasteiger charge is 2.37. The number of nitrogens with one attached hydrogen (secondary N) is 2. The normalized spacial score (nSPS) is 16.8. The highest BCUT2D eigenvalue weighted by atomic mass is 35.5. The van der Waals surface area contributed by atoms with Crippen LogP contribution in [0.4, 0.5) is 10.6 Å². The molecule has 0 saturated carbocycles. The smallest absolute Gasteiger partial charge is 0.322 e. The molecule has 1 unspecified atom stereocenters. The molecule has 1 atom stereocenters. The molecule has 0 radical (unpaired) electrons. The van der Waals surface area contributed by atoms with Gasteiger partial charge in [0, 0.05) is 33.9 Å². The molecule has 2 heterocycles. The number of halogens is 2. The SMILES string of the molecule is C=CCN1C(=O)NC(c2c(Cl)cccc2Cl)C(C(=O)Nc2cc(C)on2)=C1C. The molecular formula is C19H18Cl2N4O3. The topological polar surface area (TPSA) is 87.5 Å². The number of carbonyl (C=O) groups is 2. The van der Waals surface area contributed by atoms with Crippen molar-refractivity contribution in [1.29, 1.82) is 0 Å². The highest BCUT2D eigenvalue weighted by Crippen LogP contribution is 2.38. The van der Waals surface area contributed by atoms with Gasteiger partial charge in [0.1, 0.15) is 5.76 Å². The first-order chi connectivity index (χ1) is 13.3. The molecule has 2 aromatic rings. The van der Waals surface area contributed by atoms with E-state index in [2.05, 4.69) is 22.4 Å². The fourth-order valence-electron chi connectivity index (χ4n) is 3.04. The fraction of sp³-hybridized carbons (Fsp3) is 0.211. The van der Waals surface area contributed by atoms with Gasteiger partial charge in [0.2, 0.25) is 0 Å². The van der Waals surface area contributed by atoms with Crippen molar-refractivity contribution in [3.63, 3.8) is 0 Å². The van der Waals surface area contributed by atoms with Crippen LogP contribution >= 0.6 is 23.2 Å². The monoisotopic (exact) mass is 420 g/mol. The van der Waals surface area contributed by atoms with Crippen molar-refractivity contribution in [3.8, 4) is 0 Å². The van der Waals surface area contributed by atoms with Crippen molar-refractivity contribution in [2.75, 3.05) is 11.9 Å². The molecule has 146 valence electrons. The van der Waals surface area contributed by atoms with Gasteiger partial charge in [-0.25, -0.2) is 4.79 Å². The number of nitrogens with zero attached hydrogens (tertiary/aromatic N) is 2. The van der Waals surface area contributed by atoms with Crippen LogP contribution in [0.3, 0.4) is 0 Å². The van der Waals surface area contributed by atoms with Gasteiger partial charge in [0.25, 0.3) is 5.91 Å². The summed E-state index contributed by atoms with van der Waals surface area (Å²) in [7, 11) is 0. The maximum Gasteiger partial charge on any atom is 0.322 e. The molecule has 1 aromatic carbocycles. The van der Waals surface area contributed by atoms with Gasteiger partial charge >= 0.3 is 6.03 Å². The molecule has 0 aliphatic carbocycles. The van der Waals surface area contributed by atoms with Gasteiger partial charge in [-0.2, -0.15) is 0 Å². The zero-order valence-electron chi connectivity index (χ0n) is 15.3. The Labute approximate surface area is 172 Å². The minimum atomic E-state index is -0.831. The second-order valence-electron chi connectivity index (χ2n) is 6.19. The third-order valence-electron chi connectivity index (χ3n) is 4.31. The van der Waals surface area contributed by atoms with Crippen LogP contribution in [0, 0.1) is 6.92 Å². The van der Waals surface area contributed by atoms with E-state index in [0.29, 0.717) is 27.1 Å². The van der Waals surface area contributed by atoms with Gasteiger partial charge < -0.3 is 15.2 Å². The molecule has 0 saturated heterocycles. The number of hydrogen-bond donors (Lipinski definition) is 2. The Bertz CT molecular complexity index is 963. The number of rotatable bonds is 5. The van der Waals surface area contributed by atoms with E-state index >= 15 is 0 Å². The van der Waals surface area contributed by atoms with Gasteiger partial charge in [0.15, 0.2) is 5.82 Å². The molecule has 0 spiro atoms. The highest BCUT2D eigenvalue weighted by molar-refractivity contribution is 6.36. The lowest BCUT2D eigenvalue weighted by Gasteiger charge is -2.35. The van der Waals surface area contributed by atoms with Crippen LogP contribution in [0.25, 0.3) is 0 Å². The van der Waals surface area contributed by atoms with Crippen molar-refractivity contribution in [3.05, 3.63) is 69.6 Å². The summed E-state index contributed by atoms with van der Waals surface area (Å²) >= 11 is 12.7. The standard InChI is InChI=1S/C19H18Cl2N4O3/c1-4-8-25-11(3)15(18(26)22-14-9-10(2)28-24-14)17(23-19(25)27)16-12(20)6-5-7-13(16)21/h4-7,9,17H,1,8H2,2-3H3,(H,23,27)(H,22,24,26). The molecule has 0 fully saturated rings. The Morgan fingerprint density at radius 1 is 1.39 bits per heavy atom. The number of anilines is 1. The van der Waals surface area contributed by atoms with Crippen LogP contribution in [-0.4, -0.2) is 28.5 Å². The lowest BCUT2D eigenvalue weighted by Crippen LogP contribution is -2.48. The van der Waals surface area contributed by atoms with Gasteiger partial charge in [-0.15, -0.1) is 6.58 Å². The number of urea groups is 1. The summed E-state index contributed by atoms with van der Waals surface area (Å²) in [5, 5.41) is 9.95. The van der Waals surface area contributed by atoms with Crippen LogP contribution in [0.15, 0.2) is 52.7 Å². The molecule has 3 rings (SSSR count). The van der Waals surface area contributed by atoms with Crippen molar-refractivity contribution in [2.45, 2.75) is 19.9 Å². The molecular weight excluding hydrogens is 403 g/mol. The zero-order valence-corrected chi connectivity index (χ0v) is 16.8. The second-order valence-corrected chi connectivity index (χ2v) is 7.01. The predicted octanol–water partition coefficient (Wildman–Crippen LogP) is 4.45. The second kappa shape index (κ2) is 8.08. The van der Waals surface area contributed by atoms with Crippen LogP contribution < -0.4 is 10.6 Å². The number of aryl methyl sites for hydroxylation is 1. The number of benzene rings is 1. The van der Waals surface area contributed by atoms with Crippen molar-refractivity contribution >= 4 is 41.0 Å². The molecule has 9 heteroatoms. The van der Waals surface area contributed by atoms with E-state index in [1.807, 2.05) is 0 Å². The van der Waals surface area contributed by atoms with Crippen molar-refractivity contribution in [1.82, 2.24) is 15.4 Å². The largest absolute Gasteiger partial charge is 0.360 e. The Hall–Kier alpha value is -2.77. The maximum atomic E-state index is 13.1. The van der Waals surface area contributed by atoms with Gasteiger partial charge in [-0.3, -0.25) is 9.69 Å². The first-order valence-electron chi connectivity index (χ1n) is 8.41. The zero-order chi connectivity index (χ0) is 20.4. The first-order valence-corrected chi connectivity index (χ1v) is 9.17. The number of aromatic nitrogens is 1. The summed E-state index contributed by atoms with van der Waals surface area (Å²) in [4.78, 5) is 27.1. The van der Waals surface area contributed by atoms with Gasteiger partial charge in [-0.1, -0.05) is 40.5 Å². The van der Waals surface area contributed by atoms with Crippen molar-refractivity contribution < 1.29 is 14.1 Å². The molecule has 7 nitrogen and oxygen atoms in total. The Balaban J connectivity index is 2.10. The van der Waals surface area contributed by atoms with E-state index in [1.54, 1.807) is 44.2 Å². The van der Waals surface area contributed by atoms with Crippen LogP contribution in [0.2, 0.25) is 10.0 Å². The molecule has 2 N–H and O–H groups in total. The Morgan fingerprint density at radius 2 is 2.07 bits per heavy atom. The van der Waals surface area contributed by atoms with E-state index < -0.39 is 11.9 Å². The van der Waals surface area contributed by atoms with Crippen LogP contribution in [0.5, 0.6) is 0 Å². The molecule has 0 bridgehead atoms. The van der Waals surface area contributed by atoms with E-state index in [9.17, 15) is 9.59 Å². The van der Waals surface area contributed by atoms with E-state index in [1.165, 1.54) is 4.90 Å². The summed E-state index contributed by atoms with van der Waals surface area (Å²) in [6.07, 6.45) is 1.57. The number of allylic oxidation sites excluding steroid dienone is 1. The summed E-state index contributed by atoms with van der Waals surface area (Å²) in [5.41, 5.74) is 1.19. The average molecular weight is 421 g/mol. The predicted molar refractivity (Wildman–Crippen MR) is 107 cm³/mol. The summed E-state index contributed by atoms with van der Waals surface area (Å²) < 4.78 is 4.99. The quantitative estimate of drug-likeness (QED) is 0.699. The third-order valence-corrected chi connectivity index (χ3v) is 4.97. The number of carbonyl (C=O) groups excluding carboxylic acids is 2. The fourth-order valence-corrected chi connectivity index (χ4v) is 3.65. The molecule has 28 heavy (non-hydrogen) atoms. The molecule has 3 amide bonds. The number of amides is 3. The van der Waals surface area contributed by atoms with E-state index in [-0.39, 0.29) is 24.0 Å². The van der Waals surface area contributed by atoms with Gasteiger partial charge in [-0.05, 0) is 26.0 Å². The molecule has 1 aliphatic rings. The molecule has 1 aromatic heterocycles. The van der Waals surface area contributed by atoms with Gasteiger partial charge in [0.05, 0.1) is 11.6 Å². The summed E-state index contributed by atoms with van der Waals surface area (Å²) in [6.45, 7) is 7.29. The Kier molecular flexibility index (Phi) is 5.76. The van der Waals surface area contributed by atoms with Crippen LogP contribution in [-0.2, 0) is 4.79 Å². The van der Waals surface area contributed by atoms with Crippen LogP contribution in [0.1, 0.15) is 24.3 Å². The summed E-state index contributed by atoms with van der Waals surface area (Å²) in [6, 6.07) is 5.37. The minimum absolute atomic E-state index is 0.237. The third kappa shape index (κ3) is 3.76. The van der Waals surface area contributed by atoms with E-state index in [4.69, 9.17) is 27.7 Å². The number of hydrogen-bond acceptors (Lipinski definition) is 4.